The van der Waals surface area contributed by atoms with Crippen LogP contribution in [0.5, 0.6) is 0 Å². The summed E-state index contributed by atoms with van der Waals surface area (Å²) in [6.07, 6.45) is 1.27. The molecule has 0 amide bonds. The Kier molecular flexibility index (Phi) is 2.02. The van der Waals surface area contributed by atoms with E-state index >= 15 is 0 Å². The lowest BCUT2D eigenvalue weighted by molar-refractivity contribution is -0.260. The van der Waals surface area contributed by atoms with Crippen LogP contribution in [-0.4, -0.2) is 18.0 Å². The Morgan fingerprint density at radius 2 is 1.90 bits per heavy atom. The van der Waals surface area contributed by atoms with E-state index in [2.05, 4.69) is 20.8 Å². The lowest BCUT2D eigenvalue weighted by Gasteiger charge is -2.38. The Balaban J connectivity index is 2.51. The predicted octanol–water partition coefficient (Wildman–Crippen LogP) is 1.94. The van der Waals surface area contributed by atoms with Crippen LogP contribution in [0, 0.1) is 0 Å². The minimum absolute atomic E-state index is 0.00289. The molecule has 0 spiro atoms. The minimum atomic E-state index is -0.0428. The molecule has 0 radical (unpaired) electrons. The highest BCUT2D eigenvalue weighted by Gasteiger charge is 2.30. The van der Waals surface area contributed by atoms with Gasteiger partial charge in [-0.25, -0.2) is 0 Å². The number of ether oxygens (including phenoxy) is 2. The first-order valence-corrected chi connectivity index (χ1v) is 3.83. The van der Waals surface area contributed by atoms with Gasteiger partial charge in [-0.2, -0.15) is 0 Å². The average molecular weight is 144 g/mol. The summed E-state index contributed by atoms with van der Waals surface area (Å²) in [6, 6.07) is 0. The van der Waals surface area contributed by atoms with Crippen LogP contribution < -0.4 is 0 Å². The molecule has 2 atom stereocenters. The van der Waals surface area contributed by atoms with Gasteiger partial charge in [-0.3, -0.25) is 0 Å². The van der Waals surface area contributed by atoms with Gasteiger partial charge in [-0.15, -0.1) is 0 Å². The summed E-state index contributed by atoms with van der Waals surface area (Å²) < 4.78 is 10.9. The van der Waals surface area contributed by atoms with E-state index in [1.807, 2.05) is 6.92 Å². The summed E-state index contributed by atoms with van der Waals surface area (Å²) in [5, 5.41) is 0. The van der Waals surface area contributed by atoms with Crippen molar-refractivity contribution < 1.29 is 9.47 Å². The number of hydrogen-bond acceptors (Lipinski definition) is 2. The largest absolute Gasteiger partial charge is 0.350 e. The molecule has 0 unspecified atom stereocenters. The molecule has 1 heterocycles. The van der Waals surface area contributed by atoms with E-state index in [9.17, 15) is 0 Å². The van der Waals surface area contributed by atoms with Gasteiger partial charge < -0.3 is 9.47 Å². The fourth-order valence-corrected chi connectivity index (χ4v) is 1.59. The third kappa shape index (κ3) is 1.96. The fourth-order valence-electron chi connectivity index (χ4n) is 1.59. The van der Waals surface area contributed by atoms with Gasteiger partial charge in [0, 0.05) is 6.42 Å². The molecule has 1 saturated heterocycles. The van der Waals surface area contributed by atoms with Crippen LogP contribution in [0.15, 0.2) is 0 Å². The summed E-state index contributed by atoms with van der Waals surface area (Å²) in [5.41, 5.74) is -0.00289. The van der Waals surface area contributed by atoms with Gasteiger partial charge in [0.05, 0.1) is 11.7 Å². The van der Waals surface area contributed by atoms with Crippen molar-refractivity contribution in [2.45, 2.75) is 52.1 Å². The van der Waals surface area contributed by atoms with Crippen molar-refractivity contribution >= 4 is 0 Å². The second-order valence-electron chi connectivity index (χ2n) is 3.60. The summed E-state index contributed by atoms with van der Waals surface area (Å²) in [4.78, 5) is 0. The van der Waals surface area contributed by atoms with Gasteiger partial charge in [-0.1, -0.05) is 0 Å². The Morgan fingerprint density at radius 1 is 1.30 bits per heavy atom. The van der Waals surface area contributed by atoms with E-state index in [1.165, 1.54) is 0 Å². The van der Waals surface area contributed by atoms with Crippen molar-refractivity contribution in [1.82, 2.24) is 0 Å². The van der Waals surface area contributed by atoms with Crippen molar-refractivity contribution in [2.75, 3.05) is 0 Å². The molecule has 0 aromatic rings. The quantitative estimate of drug-likeness (QED) is 0.517. The van der Waals surface area contributed by atoms with Gasteiger partial charge in [0.1, 0.15) is 0 Å². The van der Waals surface area contributed by atoms with Crippen LogP contribution in [0.1, 0.15) is 34.1 Å². The van der Waals surface area contributed by atoms with Crippen LogP contribution in [0.4, 0.5) is 0 Å². The number of hydrogen-bond donors (Lipinski definition) is 0. The van der Waals surface area contributed by atoms with Gasteiger partial charge in [0.2, 0.25) is 0 Å². The van der Waals surface area contributed by atoms with E-state index in [0.29, 0.717) is 6.10 Å². The maximum Gasteiger partial charge on any atom is 0.155 e. The summed E-state index contributed by atoms with van der Waals surface area (Å²) in [7, 11) is 0. The third-order valence-electron chi connectivity index (χ3n) is 1.69. The zero-order chi connectivity index (χ0) is 7.78. The molecule has 2 heteroatoms. The molecule has 0 bridgehead atoms. The molecule has 0 aromatic heterocycles. The maximum absolute atomic E-state index is 5.52. The van der Waals surface area contributed by atoms with Gasteiger partial charge in [0.15, 0.2) is 6.29 Å². The molecule has 0 aromatic carbocycles. The first-order chi connectivity index (χ1) is 4.49. The summed E-state index contributed by atoms with van der Waals surface area (Å²) >= 11 is 0. The second-order valence-corrected chi connectivity index (χ2v) is 3.60. The minimum Gasteiger partial charge on any atom is -0.350 e. The van der Waals surface area contributed by atoms with Gasteiger partial charge >= 0.3 is 0 Å². The highest BCUT2D eigenvalue weighted by atomic mass is 16.7. The van der Waals surface area contributed by atoms with Crippen molar-refractivity contribution in [3.8, 4) is 0 Å². The van der Waals surface area contributed by atoms with Crippen molar-refractivity contribution in [2.24, 2.45) is 0 Å². The van der Waals surface area contributed by atoms with E-state index in [0.717, 1.165) is 6.42 Å². The highest BCUT2D eigenvalue weighted by molar-refractivity contribution is 4.76. The molecule has 1 aliphatic heterocycles. The Bertz CT molecular complexity index is 108. The average Bonchev–Trinajstić information content (AvgIpc) is 1.54. The van der Waals surface area contributed by atoms with Gasteiger partial charge in [-0.05, 0) is 27.7 Å². The molecule has 1 fully saturated rings. The zero-order valence-electron chi connectivity index (χ0n) is 7.18. The van der Waals surface area contributed by atoms with Gasteiger partial charge in [0.25, 0.3) is 0 Å². The highest BCUT2D eigenvalue weighted by Crippen LogP contribution is 2.26. The molecule has 0 saturated carbocycles. The molecule has 2 nitrogen and oxygen atoms in total. The second kappa shape index (κ2) is 2.51. The predicted molar refractivity (Wildman–Crippen MR) is 39.8 cm³/mol. The molecule has 10 heavy (non-hydrogen) atoms. The van der Waals surface area contributed by atoms with E-state index in [1.54, 1.807) is 0 Å². The number of rotatable bonds is 0. The Morgan fingerprint density at radius 3 is 2.30 bits per heavy atom. The standard InChI is InChI=1S/C8H16O2/c1-6-5-8(3,4)10-7(2)9-6/h6-7H,5H2,1-4H3/t6-,7+/m1/s1. The summed E-state index contributed by atoms with van der Waals surface area (Å²) in [6.45, 7) is 8.23. The smallest absolute Gasteiger partial charge is 0.155 e. The fraction of sp³-hybridized carbons (Fsp3) is 1.00. The Hall–Kier alpha value is -0.0800. The summed E-state index contributed by atoms with van der Waals surface area (Å²) in [5.74, 6) is 0. The maximum atomic E-state index is 5.52. The first-order valence-electron chi connectivity index (χ1n) is 3.83. The van der Waals surface area contributed by atoms with Crippen molar-refractivity contribution in [3.05, 3.63) is 0 Å². The lowest BCUT2D eigenvalue weighted by atomic mass is 10.0. The SMILES string of the molecule is C[C@H]1O[C@H](C)CC(C)(C)O1. The molecular formula is C8H16O2. The Labute approximate surface area is 62.5 Å². The molecular weight excluding hydrogens is 128 g/mol. The van der Waals surface area contributed by atoms with Crippen LogP contribution in [0.3, 0.4) is 0 Å². The molecule has 1 rings (SSSR count). The first kappa shape index (κ1) is 8.02. The monoisotopic (exact) mass is 144 g/mol. The third-order valence-corrected chi connectivity index (χ3v) is 1.69. The molecule has 1 aliphatic rings. The van der Waals surface area contributed by atoms with Crippen molar-refractivity contribution in [1.29, 1.82) is 0 Å². The van der Waals surface area contributed by atoms with E-state index < -0.39 is 0 Å². The van der Waals surface area contributed by atoms with E-state index in [-0.39, 0.29) is 11.9 Å². The molecule has 0 N–H and O–H groups in total. The zero-order valence-corrected chi connectivity index (χ0v) is 7.18. The van der Waals surface area contributed by atoms with Crippen LogP contribution in [0.2, 0.25) is 0 Å². The molecule has 60 valence electrons. The normalized spacial score (nSPS) is 39.6. The van der Waals surface area contributed by atoms with Crippen LogP contribution in [-0.2, 0) is 9.47 Å². The van der Waals surface area contributed by atoms with Crippen molar-refractivity contribution in [3.63, 3.8) is 0 Å². The lowest BCUT2D eigenvalue weighted by Crippen LogP contribution is -2.41. The topological polar surface area (TPSA) is 18.5 Å². The molecule has 0 aliphatic carbocycles. The van der Waals surface area contributed by atoms with Crippen LogP contribution in [0.25, 0.3) is 0 Å². The van der Waals surface area contributed by atoms with E-state index in [4.69, 9.17) is 9.47 Å². The van der Waals surface area contributed by atoms with Crippen LogP contribution >= 0.6 is 0 Å².